The van der Waals surface area contributed by atoms with E-state index >= 15 is 0 Å². The van der Waals surface area contributed by atoms with Crippen molar-refractivity contribution in [3.8, 4) is 5.69 Å². The fraction of sp³-hybridized carbons (Fsp3) is 0.0741. The van der Waals surface area contributed by atoms with Gasteiger partial charge >= 0.3 is 0 Å². The number of rotatable bonds is 1. The van der Waals surface area contributed by atoms with Gasteiger partial charge in [0.25, 0.3) is 0 Å². The lowest BCUT2D eigenvalue weighted by Gasteiger charge is -2.09. The van der Waals surface area contributed by atoms with Gasteiger partial charge in [0, 0.05) is 39.9 Å². The predicted octanol–water partition coefficient (Wildman–Crippen LogP) is 7.29. The molecule has 2 aromatic heterocycles. The summed E-state index contributed by atoms with van der Waals surface area (Å²) < 4.78 is 4.57. The molecule has 0 aliphatic rings. The van der Waals surface area contributed by atoms with E-state index in [0.717, 1.165) is 22.1 Å². The molecule has 0 fully saturated rings. The Kier molecular flexibility index (Phi) is 3.37. The van der Waals surface area contributed by atoms with Crippen molar-refractivity contribution in [1.82, 2.24) is 9.13 Å². The van der Waals surface area contributed by atoms with Crippen LogP contribution in [0.2, 0.25) is 0 Å². The molecule has 30 heavy (non-hydrogen) atoms. The molecular formula is C27H19N3. The highest BCUT2D eigenvalue weighted by Crippen LogP contribution is 2.36. The largest absolute Gasteiger partial charge is 0.344 e. The predicted molar refractivity (Wildman–Crippen MR) is 126 cm³/mol. The Morgan fingerprint density at radius 1 is 0.667 bits per heavy atom. The molecule has 0 radical (unpaired) electrons. The zero-order valence-electron chi connectivity index (χ0n) is 16.8. The van der Waals surface area contributed by atoms with Crippen molar-refractivity contribution in [2.75, 3.05) is 0 Å². The van der Waals surface area contributed by atoms with Crippen LogP contribution in [0.5, 0.6) is 0 Å². The van der Waals surface area contributed by atoms with Gasteiger partial charge in [0.05, 0.1) is 17.6 Å². The van der Waals surface area contributed by atoms with E-state index in [1.54, 1.807) is 0 Å². The number of benzene rings is 4. The Bertz CT molecular complexity index is 1670. The molecule has 6 rings (SSSR count). The maximum absolute atomic E-state index is 7.43. The van der Waals surface area contributed by atoms with Crippen molar-refractivity contribution in [3.63, 3.8) is 0 Å². The Hall–Kier alpha value is -4.03. The lowest BCUT2D eigenvalue weighted by atomic mass is 10.1. The van der Waals surface area contributed by atoms with Gasteiger partial charge in [-0.2, -0.15) is 0 Å². The van der Waals surface area contributed by atoms with E-state index in [-0.39, 0.29) is 0 Å². The van der Waals surface area contributed by atoms with Gasteiger partial charge in [0.2, 0.25) is 0 Å². The van der Waals surface area contributed by atoms with E-state index in [0.29, 0.717) is 5.69 Å². The second kappa shape index (κ2) is 5.98. The van der Waals surface area contributed by atoms with Gasteiger partial charge in [0.1, 0.15) is 0 Å². The Labute approximate surface area is 174 Å². The summed E-state index contributed by atoms with van der Waals surface area (Å²) in [6.45, 7) is 9.54. The van der Waals surface area contributed by atoms with Crippen LogP contribution in [-0.2, 0) is 7.05 Å². The molecule has 4 aromatic carbocycles. The zero-order valence-corrected chi connectivity index (χ0v) is 16.8. The third kappa shape index (κ3) is 2.19. The summed E-state index contributed by atoms with van der Waals surface area (Å²) in [6, 6.07) is 27.8. The number of aryl methyl sites for hydroxylation is 2. The van der Waals surface area contributed by atoms with Crippen molar-refractivity contribution in [1.29, 1.82) is 0 Å². The molecule has 0 aliphatic carbocycles. The molecule has 0 amide bonds. The molecule has 142 valence electrons. The third-order valence-corrected chi connectivity index (χ3v) is 6.19. The van der Waals surface area contributed by atoms with Gasteiger partial charge in [-0.25, -0.2) is 4.85 Å². The fourth-order valence-electron chi connectivity index (χ4n) is 4.77. The first-order valence-corrected chi connectivity index (χ1v) is 10.1. The van der Waals surface area contributed by atoms with Crippen LogP contribution >= 0.6 is 0 Å². The van der Waals surface area contributed by atoms with Crippen LogP contribution in [0.3, 0.4) is 0 Å². The summed E-state index contributed by atoms with van der Waals surface area (Å²) in [7, 11) is 2.12. The maximum atomic E-state index is 7.43. The molecule has 0 N–H and O–H groups in total. The molecule has 3 nitrogen and oxygen atoms in total. The number of fused-ring (bicyclic) bond motifs is 6. The standard InChI is InChI=1S/C27H19N3/c1-17-8-11-26-21(14-17)22-15-18(28-2)9-12-27(22)30(26)19-10-13-25-23(16-19)20-6-4-5-7-24(20)29(25)3/h4-16H,1,3H3. The van der Waals surface area contributed by atoms with E-state index in [4.69, 9.17) is 6.57 Å². The smallest absolute Gasteiger partial charge is 0.188 e. The molecule has 0 aliphatic heterocycles. The van der Waals surface area contributed by atoms with Crippen LogP contribution in [-0.4, -0.2) is 9.13 Å². The summed E-state index contributed by atoms with van der Waals surface area (Å²) in [5.74, 6) is 0. The second-order valence-electron chi connectivity index (χ2n) is 7.95. The van der Waals surface area contributed by atoms with Gasteiger partial charge < -0.3 is 9.13 Å². The number of para-hydroxylation sites is 1. The van der Waals surface area contributed by atoms with Crippen molar-refractivity contribution in [2.45, 2.75) is 6.92 Å². The lowest BCUT2D eigenvalue weighted by Crippen LogP contribution is -1.94. The first kappa shape index (κ1) is 16.9. The van der Waals surface area contributed by atoms with Crippen LogP contribution < -0.4 is 0 Å². The summed E-state index contributed by atoms with van der Waals surface area (Å²) in [5, 5.41) is 4.84. The van der Waals surface area contributed by atoms with Crippen LogP contribution in [0.25, 0.3) is 54.1 Å². The topological polar surface area (TPSA) is 14.2 Å². The molecule has 0 saturated carbocycles. The van der Waals surface area contributed by atoms with Crippen LogP contribution in [0.4, 0.5) is 5.69 Å². The molecule has 3 heteroatoms. The third-order valence-electron chi connectivity index (χ3n) is 6.19. The number of aromatic nitrogens is 2. The summed E-state index contributed by atoms with van der Waals surface area (Å²) >= 11 is 0. The first-order valence-electron chi connectivity index (χ1n) is 10.1. The molecule has 0 unspecified atom stereocenters. The van der Waals surface area contributed by atoms with Crippen molar-refractivity contribution in [2.24, 2.45) is 7.05 Å². The van der Waals surface area contributed by atoms with Crippen LogP contribution in [0, 0.1) is 13.5 Å². The minimum atomic E-state index is 0.674. The van der Waals surface area contributed by atoms with Crippen molar-refractivity contribution >= 4 is 49.3 Å². The SMILES string of the molecule is [C-]#[N+]c1ccc2c(c1)c1cc(C)ccc1n2-c1ccc2c(c1)c1ccccc1n2C. The van der Waals surface area contributed by atoms with E-state index < -0.39 is 0 Å². The molecule has 0 atom stereocenters. The molecule has 6 aromatic rings. The monoisotopic (exact) mass is 385 g/mol. The summed E-state index contributed by atoms with van der Waals surface area (Å²) in [5.41, 5.74) is 7.79. The van der Waals surface area contributed by atoms with Gasteiger partial charge in [-0.1, -0.05) is 35.9 Å². The fourth-order valence-corrected chi connectivity index (χ4v) is 4.77. The second-order valence-corrected chi connectivity index (χ2v) is 7.95. The summed E-state index contributed by atoms with van der Waals surface area (Å²) in [6.07, 6.45) is 0. The van der Waals surface area contributed by atoms with Gasteiger partial charge in [-0.15, -0.1) is 0 Å². The number of hydrogen-bond donors (Lipinski definition) is 0. The van der Waals surface area contributed by atoms with E-state index in [2.05, 4.69) is 94.7 Å². The Morgan fingerprint density at radius 2 is 1.33 bits per heavy atom. The quantitative estimate of drug-likeness (QED) is 0.264. The number of hydrogen-bond acceptors (Lipinski definition) is 0. The van der Waals surface area contributed by atoms with Crippen molar-refractivity contribution in [3.05, 3.63) is 95.8 Å². The van der Waals surface area contributed by atoms with Gasteiger partial charge in [-0.05, 0) is 60.8 Å². The average Bonchev–Trinajstić information content (AvgIpc) is 3.25. The highest BCUT2D eigenvalue weighted by Gasteiger charge is 2.15. The first-order chi connectivity index (χ1) is 14.7. The molecule has 2 heterocycles. The maximum Gasteiger partial charge on any atom is 0.188 e. The number of nitrogens with zero attached hydrogens (tertiary/aromatic N) is 3. The Morgan fingerprint density at radius 3 is 2.17 bits per heavy atom. The van der Waals surface area contributed by atoms with E-state index in [1.807, 2.05) is 12.1 Å². The van der Waals surface area contributed by atoms with E-state index in [1.165, 1.54) is 32.8 Å². The van der Waals surface area contributed by atoms with Gasteiger partial charge in [-0.3, -0.25) is 0 Å². The molecule has 0 saturated heterocycles. The van der Waals surface area contributed by atoms with Crippen molar-refractivity contribution < 1.29 is 0 Å². The normalized spacial score (nSPS) is 11.6. The highest BCUT2D eigenvalue weighted by molar-refractivity contribution is 6.12. The molecule has 0 bridgehead atoms. The zero-order chi connectivity index (χ0) is 20.4. The molecular weight excluding hydrogens is 366 g/mol. The molecule has 0 spiro atoms. The van der Waals surface area contributed by atoms with E-state index in [9.17, 15) is 0 Å². The van der Waals surface area contributed by atoms with Crippen LogP contribution in [0.1, 0.15) is 5.56 Å². The summed E-state index contributed by atoms with van der Waals surface area (Å²) in [4.78, 5) is 3.65. The minimum Gasteiger partial charge on any atom is -0.344 e. The highest BCUT2D eigenvalue weighted by atomic mass is 15.0. The minimum absolute atomic E-state index is 0.674. The van der Waals surface area contributed by atoms with Crippen LogP contribution in [0.15, 0.2) is 78.9 Å². The lowest BCUT2D eigenvalue weighted by molar-refractivity contribution is 1.01. The van der Waals surface area contributed by atoms with Gasteiger partial charge in [0.15, 0.2) is 5.69 Å². The average molecular weight is 385 g/mol. The Balaban J connectivity index is 1.75.